The molecule has 1 saturated heterocycles. The van der Waals surface area contributed by atoms with Crippen LogP contribution in [-0.4, -0.2) is 34.1 Å². The van der Waals surface area contributed by atoms with Crippen molar-refractivity contribution in [3.63, 3.8) is 0 Å². The van der Waals surface area contributed by atoms with Crippen molar-refractivity contribution in [3.05, 3.63) is 45.2 Å². The number of hydrogen-bond donors (Lipinski definition) is 2. The third kappa shape index (κ3) is 4.60. The van der Waals surface area contributed by atoms with E-state index in [0.717, 1.165) is 31.3 Å². The number of aromatic nitrogens is 2. The first kappa shape index (κ1) is 20.1. The van der Waals surface area contributed by atoms with E-state index in [2.05, 4.69) is 20.6 Å². The molecule has 2 aromatic rings. The number of nitro groups is 1. The van der Waals surface area contributed by atoms with E-state index in [0.29, 0.717) is 13.2 Å². The van der Waals surface area contributed by atoms with Crippen LogP contribution < -0.4 is 10.6 Å². The zero-order valence-electron chi connectivity index (χ0n) is 14.3. The summed E-state index contributed by atoms with van der Waals surface area (Å²) < 4.78 is 44.5. The summed E-state index contributed by atoms with van der Waals surface area (Å²) >= 11 is 5.59. The van der Waals surface area contributed by atoms with Crippen LogP contribution in [-0.2, 0) is 10.9 Å². The van der Waals surface area contributed by atoms with Crippen LogP contribution in [0.2, 0.25) is 5.02 Å². The fraction of sp³-hybridized carbons (Fsp3) is 0.375. The molecule has 3 rings (SSSR count). The maximum absolute atomic E-state index is 13.0. The lowest BCUT2D eigenvalue weighted by Crippen LogP contribution is -2.20. The summed E-state index contributed by atoms with van der Waals surface area (Å²) in [6.07, 6.45) is -1.95. The zero-order valence-corrected chi connectivity index (χ0v) is 15.0. The molecule has 1 fully saturated rings. The Hall–Kier alpha value is -2.66. The molecule has 150 valence electrons. The van der Waals surface area contributed by atoms with Gasteiger partial charge in [-0.05, 0) is 31.0 Å². The molecule has 1 aliphatic heterocycles. The van der Waals surface area contributed by atoms with Crippen molar-refractivity contribution < 1.29 is 22.8 Å². The molecule has 8 nitrogen and oxygen atoms in total. The summed E-state index contributed by atoms with van der Waals surface area (Å²) in [5.41, 5.74) is -1.60. The van der Waals surface area contributed by atoms with Crippen LogP contribution in [0.4, 0.5) is 36.2 Å². The molecule has 0 spiro atoms. The molecule has 2 N–H and O–H groups in total. The minimum atomic E-state index is -4.67. The lowest BCUT2D eigenvalue weighted by atomic mass is 10.2. The molecule has 1 aliphatic rings. The molecule has 1 aromatic heterocycles. The highest BCUT2D eigenvalue weighted by Gasteiger charge is 2.33. The second-order valence-electron chi connectivity index (χ2n) is 6.01. The van der Waals surface area contributed by atoms with Crippen molar-refractivity contribution in [2.24, 2.45) is 0 Å². The Labute approximate surface area is 162 Å². The van der Waals surface area contributed by atoms with E-state index < -0.39 is 27.4 Å². The van der Waals surface area contributed by atoms with E-state index in [-0.39, 0.29) is 23.4 Å². The number of anilines is 3. The van der Waals surface area contributed by atoms with E-state index in [1.54, 1.807) is 0 Å². The standard InChI is InChI=1S/C16H15ClF3N5O3/c17-12-4-3-9(6-11(12)16(18,19)20)24-15-13(25(26)27)14(22-8-23-15)21-7-10-2-1-5-28-10/h3-4,6,8,10H,1-2,5,7H2,(H2,21,22,23,24). The van der Waals surface area contributed by atoms with Gasteiger partial charge in [0.05, 0.1) is 21.6 Å². The zero-order chi connectivity index (χ0) is 20.3. The maximum atomic E-state index is 13.0. The first-order valence-electron chi connectivity index (χ1n) is 8.24. The van der Waals surface area contributed by atoms with Crippen molar-refractivity contribution in [1.29, 1.82) is 0 Å². The normalized spacial score (nSPS) is 16.8. The van der Waals surface area contributed by atoms with Gasteiger partial charge in [0.2, 0.25) is 11.6 Å². The average Bonchev–Trinajstić information content (AvgIpc) is 3.14. The minimum Gasteiger partial charge on any atom is -0.376 e. The van der Waals surface area contributed by atoms with Crippen LogP contribution in [0.1, 0.15) is 18.4 Å². The van der Waals surface area contributed by atoms with Crippen LogP contribution >= 0.6 is 11.6 Å². The number of halogens is 4. The molecule has 1 aromatic carbocycles. The first-order valence-corrected chi connectivity index (χ1v) is 8.62. The van der Waals surface area contributed by atoms with Crippen molar-refractivity contribution in [2.45, 2.75) is 25.1 Å². The highest BCUT2D eigenvalue weighted by Crippen LogP contribution is 2.38. The summed E-state index contributed by atoms with van der Waals surface area (Å²) in [7, 11) is 0. The van der Waals surface area contributed by atoms with Gasteiger partial charge in [0, 0.05) is 18.8 Å². The first-order chi connectivity index (χ1) is 13.3. The van der Waals surface area contributed by atoms with Gasteiger partial charge in [-0.2, -0.15) is 13.2 Å². The molecule has 28 heavy (non-hydrogen) atoms. The summed E-state index contributed by atoms with van der Waals surface area (Å²) in [5.74, 6) is -0.298. The van der Waals surface area contributed by atoms with E-state index in [4.69, 9.17) is 16.3 Å². The van der Waals surface area contributed by atoms with E-state index in [1.165, 1.54) is 6.07 Å². The predicted molar refractivity (Wildman–Crippen MR) is 95.9 cm³/mol. The molecule has 12 heteroatoms. The largest absolute Gasteiger partial charge is 0.417 e. The van der Waals surface area contributed by atoms with E-state index >= 15 is 0 Å². The predicted octanol–water partition coefficient (Wildman–Crippen LogP) is 4.39. The summed E-state index contributed by atoms with van der Waals surface area (Å²) in [4.78, 5) is 18.5. The fourth-order valence-electron chi connectivity index (χ4n) is 2.75. The van der Waals surface area contributed by atoms with Gasteiger partial charge in [-0.25, -0.2) is 9.97 Å². The Morgan fingerprint density at radius 1 is 1.32 bits per heavy atom. The van der Waals surface area contributed by atoms with Crippen molar-refractivity contribution in [1.82, 2.24) is 9.97 Å². The molecule has 2 heterocycles. The van der Waals surface area contributed by atoms with Gasteiger partial charge >= 0.3 is 11.9 Å². The number of nitrogens with zero attached hydrogens (tertiary/aromatic N) is 3. The highest BCUT2D eigenvalue weighted by molar-refractivity contribution is 6.31. The average molecular weight is 418 g/mol. The number of nitrogens with one attached hydrogen (secondary N) is 2. The Bertz CT molecular complexity index is 875. The van der Waals surface area contributed by atoms with Gasteiger partial charge in [0.15, 0.2) is 0 Å². The smallest absolute Gasteiger partial charge is 0.376 e. The van der Waals surface area contributed by atoms with Gasteiger partial charge in [-0.1, -0.05) is 11.6 Å². The lowest BCUT2D eigenvalue weighted by Gasteiger charge is -2.14. The van der Waals surface area contributed by atoms with Gasteiger partial charge in [0.1, 0.15) is 6.33 Å². The number of rotatable bonds is 6. The molecular formula is C16H15ClF3N5O3. The second-order valence-corrected chi connectivity index (χ2v) is 6.42. The van der Waals surface area contributed by atoms with Gasteiger partial charge in [0.25, 0.3) is 0 Å². The summed E-state index contributed by atoms with van der Waals surface area (Å²) in [5, 5.41) is 16.4. The maximum Gasteiger partial charge on any atom is 0.417 e. The SMILES string of the molecule is O=[N+]([O-])c1c(NCC2CCCO2)ncnc1Nc1ccc(Cl)c(C(F)(F)F)c1. The highest BCUT2D eigenvalue weighted by atomic mass is 35.5. The Kier molecular flexibility index (Phi) is 5.84. The van der Waals surface area contributed by atoms with Crippen LogP contribution in [0.15, 0.2) is 24.5 Å². The molecule has 0 amide bonds. The van der Waals surface area contributed by atoms with Crippen LogP contribution in [0.5, 0.6) is 0 Å². The third-order valence-corrected chi connectivity index (χ3v) is 4.39. The number of benzene rings is 1. The fourth-order valence-corrected chi connectivity index (χ4v) is 2.97. The van der Waals surface area contributed by atoms with Crippen molar-refractivity contribution in [2.75, 3.05) is 23.8 Å². The van der Waals surface area contributed by atoms with Crippen LogP contribution in [0.3, 0.4) is 0 Å². The number of ether oxygens (including phenoxy) is 1. The topological polar surface area (TPSA) is 102 Å². The Balaban J connectivity index is 1.87. The van der Waals surface area contributed by atoms with Gasteiger partial charge in [-0.3, -0.25) is 10.1 Å². The number of alkyl halides is 3. The minimum absolute atomic E-state index is 0.0522. The van der Waals surface area contributed by atoms with Crippen LogP contribution in [0, 0.1) is 10.1 Å². The Morgan fingerprint density at radius 2 is 2.07 bits per heavy atom. The molecule has 0 radical (unpaired) electrons. The lowest BCUT2D eigenvalue weighted by molar-refractivity contribution is -0.383. The summed E-state index contributed by atoms with van der Waals surface area (Å²) in [6, 6.07) is 3.08. The Morgan fingerprint density at radius 3 is 2.71 bits per heavy atom. The van der Waals surface area contributed by atoms with E-state index in [1.807, 2.05) is 0 Å². The molecule has 1 unspecified atom stereocenters. The van der Waals surface area contributed by atoms with Crippen molar-refractivity contribution >= 4 is 34.6 Å². The summed E-state index contributed by atoms with van der Waals surface area (Å²) in [6.45, 7) is 0.944. The van der Waals surface area contributed by atoms with Crippen LogP contribution in [0.25, 0.3) is 0 Å². The van der Waals surface area contributed by atoms with Gasteiger partial charge in [-0.15, -0.1) is 0 Å². The van der Waals surface area contributed by atoms with Gasteiger partial charge < -0.3 is 15.4 Å². The molecule has 0 saturated carbocycles. The quantitative estimate of drug-likeness (QED) is 0.530. The molecule has 1 atom stereocenters. The molecule has 0 aliphatic carbocycles. The third-order valence-electron chi connectivity index (χ3n) is 4.06. The van der Waals surface area contributed by atoms with E-state index in [9.17, 15) is 23.3 Å². The van der Waals surface area contributed by atoms with Crippen molar-refractivity contribution in [3.8, 4) is 0 Å². The molecular weight excluding hydrogens is 403 g/mol. The monoisotopic (exact) mass is 417 g/mol. The molecule has 0 bridgehead atoms. The second kappa shape index (κ2) is 8.15. The number of hydrogen-bond acceptors (Lipinski definition) is 7.